The van der Waals surface area contributed by atoms with Gasteiger partial charge in [0.2, 0.25) is 0 Å². The molecule has 1 aromatic carbocycles. The fraction of sp³-hybridized carbons (Fsp3) is 0.579. The first kappa shape index (κ1) is 16.4. The number of anilines is 1. The number of fused-ring (bicyclic) bond motifs is 1. The Balaban J connectivity index is 1.91. The van der Waals surface area contributed by atoms with Gasteiger partial charge in [-0.3, -0.25) is 0 Å². The Morgan fingerprint density at radius 3 is 2.68 bits per heavy atom. The number of oxazole rings is 1. The molecule has 0 radical (unpaired) electrons. The standard InChI is InChI=1S/C19H24N4O2/c1-11-14(8-20)16-18(25-19(21-16)12-4-5-12)17(15(11)10-24)23-7-6-13(9-23)22(2)3/h12-13,24H,4-7,9-10H2,1-3H3. The molecule has 6 heteroatoms. The van der Waals surface area contributed by atoms with E-state index in [0.29, 0.717) is 28.6 Å². The van der Waals surface area contributed by atoms with Gasteiger partial charge >= 0.3 is 0 Å². The van der Waals surface area contributed by atoms with Crippen molar-refractivity contribution < 1.29 is 9.52 Å². The van der Waals surface area contributed by atoms with Crippen molar-refractivity contribution in [1.82, 2.24) is 9.88 Å². The average molecular weight is 340 g/mol. The summed E-state index contributed by atoms with van der Waals surface area (Å²) in [5.41, 5.74) is 4.40. The van der Waals surface area contributed by atoms with Gasteiger partial charge in [0, 0.05) is 30.6 Å². The first-order valence-corrected chi connectivity index (χ1v) is 8.93. The molecule has 2 aliphatic rings. The molecule has 1 saturated heterocycles. The zero-order valence-electron chi connectivity index (χ0n) is 15.0. The van der Waals surface area contributed by atoms with Crippen LogP contribution >= 0.6 is 0 Å². The van der Waals surface area contributed by atoms with Gasteiger partial charge in [0.25, 0.3) is 0 Å². The largest absolute Gasteiger partial charge is 0.438 e. The molecule has 0 spiro atoms. The lowest BCUT2D eigenvalue weighted by molar-refractivity contribution is 0.281. The van der Waals surface area contributed by atoms with Crippen LogP contribution in [0.3, 0.4) is 0 Å². The maximum atomic E-state index is 10.0. The Hall–Kier alpha value is -2.10. The van der Waals surface area contributed by atoms with Gasteiger partial charge in [0.15, 0.2) is 11.5 Å². The second kappa shape index (κ2) is 6.01. The van der Waals surface area contributed by atoms with Crippen molar-refractivity contribution in [3.05, 3.63) is 22.6 Å². The van der Waals surface area contributed by atoms with Crippen molar-refractivity contribution in [3.8, 4) is 6.07 Å². The van der Waals surface area contributed by atoms with Crippen molar-refractivity contribution in [2.45, 2.75) is 44.8 Å². The molecular formula is C19H24N4O2. The number of aromatic nitrogens is 1. The van der Waals surface area contributed by atoms with Crippen LogP contribution in [0.1, 0.15) is 47.8 Å². The highest BCUT2D eigenvalue weighted by molar-refractivity contribution is 5.94. The molecule has 2 fully saturated rings. The first-order valence-electron chi connectivity index (χ1n) is 8.93. The molecule has 1 aromatic heterocycles. The van der Waals surface area contributed by atoms with Crippen LogP contribution in [0.5, 0.6) is 0 Å². The van der Waals surface area contributed by atoms with Crippen LogP contribution in [0.4, 0.5) is 5.69 Å². The smallest absolute Gasteiger partial charge is 0.198 e. The molecule has 1 unspecified atom stereocenters. The highest BCUT2D eigenvalue weighted by atomic mass is 16.4. The quantitative estimate of drug-likeness (QED) is 0.922. The topological polar surface area (TPSA) is 76.5 Å². The molecular weight excluding hydrogens is 316 g/mol. The normalized spacial score (nSPS) is 20.6. The Labute approximate surface area is 147 Å². The van der Waals surface area contributed by atoms with Gasteiger partial charge in [-0.15, -0.1) is 0 Å². The summed E-state index contributed by atoms with van der Waals surface area (Å²) >= 11 is 0. The van der Waals surface area contributed by atoms with Crippen molar-refractivity contribution in [1.29, 1.82) is 5.26 Å². The van der Waals surface area contributed by atoms with E-state index in [0.717, 1.165) is 55.1 Å². The van der Waals surface area contributed by atoms with Gasteiger partial charge in [-0.2, -0.15) is 5.26 Å². The summed E-state index contributed by atoms with van der Waals surface area (Å²) in [6, 6.07) is 2.75. The predicted molar refractivity (Wildman–Crippen MR) is 95.7 cm³/mol. The summed E-state index contributed by atoms with van der Waals surface area (Å²) in [4.78, 5) is 9.18. The summed E-state index contributed by atoms with van der Waals surface area (Å²) in [6.45, 7) is 3.60. The molecule has 2 aromatic rings. The third-order valence-corrected chi connectivity index (χ3v) is 5.62. The number of benzene rings is 1. The number of nitrogens with zero attached hydrogens (tertiary/aromatic N) is 4. The third kappa shape index (κ3) is 2.59. The Kier molecular flexibility index (Phi) is 3.94. The van der Waals surface area contributed by atoms with Crippen LogP contribution in [0.25, 0.3) is 11.1 Å². The lowest BCUT2D eigenvalue weighted by Gasteiger charge is -2.25. The molecule has 2 heterocycles. The molecule has 0 bridgehead atoms. The fourth-order valence-electron chi connectivity index (χ4n) is 3.85. The minimum atomic E-state index is -0.103. The predicted octanol–water partition coefficient (Wildman–Crippen LogP) is 2.52. The Bertz CT molecular complexity index is 861. The molecule has 1 saturated carbocycles. The van der Waals surface area contributed by atoms with E-state index in [1.807, 2.05) is 6.92 Å². The van der Waals surface area contributed by atoms with Gasteiger partial charge in [0.1, 0.15) is 11.6 Å². The number of aliphatic hydroxyl groups is 1. The molecule has 0 amide bonds. The highest BCUT2D eigenvalue weighted by Crippen LogP contribution is 2.44. The average Bonchev–Trinajstić information content (AvgIpc) is 3.16. The second-order valence-electron chi connectivity index (χ2n) is 7.45. The minimum Gasteiger partial charge on any atom is -0.438 e. The molecule has 132 valence electrons. The van der Waals surface area contributed by atoms with E-state index in [4.69, 9.17) is 4.42 Å². The van der Waals surface area contributed by atoms with E-state index >= 15 is 0 Å². The summed E-state index contributed by atoms with van der Waals surface area (Å²) < 4.78 is 6.14. The first-order chi connectivity index (χ1) is 12.0. The summed E-state index contributed by atoms with van der Waals surface area (Å²) in [5, 5.41) is 19.7. The highest BCUT2D eigenvalue weighted by Gasteiger charge is 2.34. The van der Waals surface area contributed by atoms with Crippen LogP contribution in [-0.4, -0.2) is 48.2 Å². The summed E-state index contributed by atoms with van der Waals surface area (Å²) in [6.07, 6.45) is 3.27. The third-order valence-electron chi connectivity index (χ3n) is 5.62. The molecule has 1 aliphatic heterocycles. The molecule has 1 N–H and O–H groups in total. The van der Waals surface area contributed by atoms with E-state index in [1.165, 1.54) is 0 Å². The van der Waals surface area contributed by atoms with Gasteiger partial charge < -0.3 is 19.3 Å². The molecule has 6 nitrogen and oxygen atoms in total. The second-order valence-corrected chi connectivity index (χ2v) is 7.45. The van der Waals surface area contributed by atoms with Crippen LogP contribution < -0.4 is 4.90 Å². The van der Waals surface area contributed by atoms with Crippen LogP contribution in [-0.2, 0) is 6.61 Å². The Morgan fingerprint density at radius 1 is 1.36 bits per heavy atom. The zero-order valence-corrected chi connectivity index (χ0v) is 15.0. The number of likely N-dealkylation sites (N-methyl/N-ethyl adjacent to an activating group) is 1. The lowest BCUT2D eigenvalue weighted by atomic mass is 9.99. The van der Waals surface area contributed by atoms with Crippen molar-refractivity contribution in [2.24, 2.45) is 0 Å². The van der Waals surface area contributed by atoms with Crippen LogP contribution in [0, 0.1) is 18.3 Å². The minimum absolute atomic E-state index is 0.103. The number of rotatable bonds is 4. The lowest BCUT2D eigenvalue weighted by Crippen LogP contribution is -2.32. The Morgan fingerprint density at radius 2 is 2.12 bits per heavy atom. The van der Waals surface area contributed by atoms with Gasteiger partial charge in [0.05, 0.1) is 17.9 Å². The number of hydrogen-bond acceptors (Lipinski definition) is 6. The summed E-state index contributed by atoms with van der Waals surface area (Å²) in [5.74, 6) is 1.13. The van der Waals surface area contributed by atoms with E-state index in [-0.39, 0.29) is 6.61 Å². The van der Waals surface area contributed by atoms with E-state index in [2.05, 4.69) is 34.9 Å². The fourth-order valence-corrected chi connectivity index (χ4v) is 3.85. The van der Waals surface area contributed by atoms with Crippen molar-refractivity contribution in [3.63, 3.8) is 0 Å². The van der Waals surface area contributed by atoms with E-state index < -0.39 is 0 Å². The van der Waals surface area contributed by atoms with Crippen molar-refractivity contribution >= 4 is 16.8 Å². The van der Waals surface area contributed by atoms with E-state index in [1.54, 1.807) is 0 Å². The number of nitriles is 1. The van der Waals surface area contributed by atoms with Gasteiger partial charge in [-0.1, -0.05) is 0 Å². The van der Waals surface area contributed by atoms with Gasteiger partial charge in [-0.05, 0) is 45.8 Å². The SMILES string of the molecule is Cc1c(CO)c(N2CCC(N(C)C)C2)c2oc(C3CC3)nc2c1C#N. The molecule has 1 atom stereocenters. The maximum absolute atomic E-state index is 10.0. The zero-order chi connectivity index (χ0) is 17.7. The maximum Gasteiger partial charge on any atom is 0.198 e. The number of aliphatic hydroxyl groups excluding tert-OH is 1. The number of hydrogen-bond donors (Lipinski definition) is 1. The van der Waals surface area contributed by atoms with Crippen molar-refractivity contribution in [2.75, 3.05) is 32.1 Å². The van der Waals surface area contributed by atoms with Gasteiger partial charge in [-0.25, -0.2) is 4.98 Å². The molecule has 25 heavy (non-hydrogen) atoms. The van der Waals surface area contributed by atoms with Crippen LogP contribution in [0.2, 0.25) is 0 Å². The molecule has 4 rings (SSSR count). The summed E-state index contributed by atoms with van der Waals surface area (Å²) in [7, 11) is 4.20. The van der Waals surface area contributed by atoms with Crippen LogP contribution in [0.15, 0.2) is 4.42 Å². The molecule has 1 aliphatic carbocycles. The monoisotopic (exact) mass is 340 g/mol. The van der Waals surface area contributed by atoms with E-state index in [9.17, 15) is 10.4 Å².